The van der Waals surface area contributed by atoms with E-state index in [0.717, 1.165) is 0 Å². The molecule has 1 aromatic rings. The number of rotatable bonds is 3. The number of nitrogens with one attached hydrogen (secondary N) is 1. The molecule has 2 amide bonds. The molecule has 2 heterocycles. The van der Waals surface area contributed by atoms with Crippen molar-refractivity contribution in [2.24, 2.45) is 0 Å². The lowest BCUT2D eigenvalue weighted by Crippen LogP contribution is -2.48. The third-order valence-electron chi connectivity index (χ3n) is 3.97. The van der Waals surface area contributed by atoms with E-state index in [1.54, 1.807) is 17.0 Å². The van der Waals surface area contributed by atoms with Gasteiger partial charge in [-0.05, 0) is 12.1 Å². The van der Waals surface area contributed by atoms with Crippen molar-refractivity contribution >= 4 is 11.7 Å². The smallest absolute Gasteiger partial charge is 0.387 e. The first kappa shape index (κ1) is 15.9. The maximum atomic E-state index is 12.4. The Bertz CT molecular complexity index is 554. The average molecular weight is 328 g/mol. The van der Waals surface area contributed by atoms with Crippen molar-refractivity contribution in [2.45, 2.75) is 25.2 Å². The van der Waals surface area contributed by atoms with Crippen LogP contribution in [0.15, 0.2) is 24.3 Å². The van der Waals surface area contributed by atoms with E-state index in [-0.39, 0.29) is 17.5 Å². The predicted molar refractivity (Wildman–Crippen MR) is 77.5 cm³/mol. The van der Waals surface area contributed by atoms with Crippen molar-refractivity contribution < 1.29 is 27.8 Å². The number of urea groups is 1. The molecule has 1 N–H and O–H groups in total. The minimum atomic E-state index is -2.94. The molecule has 2 fully saturated rings. The monoisotopic (exact) mass is 328 g/mol. The number of carbonyl (C=O) groups excluding carboxylic acids is 1. The highest BCUT2D eigenvalue weighted by Crippen LogP contribution is 2.32. The molecule has 6 nitrogen and oxygen atoms in total. The summed E-state index contributed by atoms with van der Waals surface area (Å²) in [5.41, 5.74) is 0.214. The fourth-order valence-corrected chi connectivity index (χ4v) is 2.80. The Morgan fingerprint density at radius 2 is 1.87 bits per heavy atom. The van der Waals surface area contributed by atoms with Gasteiger partial charge in [-0.1, -0.05) is 12.1 Å². The minimum Gasteiger partial charge on any atom is -0.433 e. The summed E-state index contributed by atoms with van der Waals surface area (Å²) in [6.45, 7) is -0.845. The zero-order chi connectivity index (χ0) is 16.3. The molecule has 2 saturated heterocycles. The van der Waals surface area contributed by atoms with Crippen LogP contribution in [0.4, 0.5) is 19.3 Å². The molecule has 0 bridgehead atoms. The van der Waals surface area contributed by atoms with Gasteiger partial charge in [0.05, 0.1) is 18.9 Å². The Morgan fingerprint density at radius 3 is 2.52 bits per heavy atom. The van der Waals surface area contributed by atoms with Gasteiger partial charge in [0.15, 0.2) is 5.79 Å². The second kappa shape index (κ2) is 6.67. The van der Waals surface area contributed by atoms with Crippen LogP contribution >= 0.6 is 0 Å². The van der Waals surface area contributed by atoms with E-state index >= 15 is 0 Å². The fraction of sp³-hybridized carbons (Fsp3) is 0.533. The number of para-hydroxylation sites is 2. The summed E-state index contributed by atoms with van der Waals surface area (Å²) in [6.07, 6.45) is 1.19. The molecule has 0 radical (unpaired) electrons. The van der Waals surface area contributed by atoms with E-state index in [1.807, 2.05) is 0 Å². The van der Waals surface area contributed by atoms with Gasteiger partial charge >= 0.3 is 12.6 Å². The summed E-state index contributed by atoms with van der Waals surface area (Å²) in [7, 11) is 0. The summed E-state index contributed by atoms with van der Waals surface area (Å²) in [5.74, 6) is -0.625. The number of alkyl halides is 2. The van der Waals surface area contributed by atoms with Crippen LogP contribution in [-0.4, -0.2) is 49.6 Å². The van der Waals surface area contributed by atoms with Crippen LogP contribution in [0.1, 0.15) is 12.8 Å². The summed E-state index contributed by atoms with van der Waals surface area (Å²) < 4.78 is 40.4. The Hall–Kier alpha value is -1.93. The lowest BCUT2D eigenvalue weighted by molar-refractivity contribution is -0.181. The molecular weight excluding hydrogens is 310 g/mol. The lowest BCUT2D eigenvalue weighted by Gasteiger charge is -2.37. The summed E-state index contributed by atoms with van der Waals surface area (Å²) in [4.78, 5) is 13.9. The van der Waals surface area contributed by atoms with E-state index in [4.69, 9.17) is 9.47 Å². The lowest BCUT2D eigenvalue weighted by atomic mass is 10.0. The molecule has 126 valence electrons. The molecule has 8 heteroatoms. The van der Waals surface area contributed by atoms with Gasteiger partial charge < -0.3 is 24.4 Å². The quantitative estimate of drug-likeness (QED) is 0.927. The Morgan fingerprint density at radius 1 is 1.22 bits per heavy atom. The average Bonchev–Trinajstić information content (AvgIpc) is 2.97. The van der Waals surface area contributed by atoms with Crippen LogP contribution in [0.5, 0.6) is 5.75 Å². The van der Waals surface area contributed by atoms with Gasteiger partial charge in [0, 0.05) is 25.9 Å². The molecule has 3 rings (SSSR count). The van der Waals surface area contributed by atoms with Crippen molar-refractivity contribution in [3.8, 4) is 5.75 Å². The van der Waals surface area contributed by atoms with Crippen molar-refractivity contribution in [1.29, 1.82) is 0 Å². The number of likely N-dealkylation sites (tertiary alicyclic amines) is 1. The molecule has 0 aliphatic carbocycles. The largest absolute Gasteiger partial charge is 0.433 e. The van der Waals surface area contributed by atoms with Crippen molar-refractivity contribution in [3.63, 3.8) is 0 Å². The minimum absolute atomic E-state index is 0.0632. The van der Waals surface area contributed by atoms with Gasteiger partial charge in [-0.15, -0.1) is 0 Å². The van der Waals surface area contributed by atoms with Crippen molar-refractivity contribution in [2.75, 3.05) is 31.6 Å². The molecular formula is C15H18F2N2O4. The van der Waals surface area contributed by atoms with Gasteiger partial charge in [-0.3, -0.25) is 0 Å². The number of amides is 2. The number of carbonyl (C=O) groups is 1. The Balaban J connectivity index is 1.60. The van der Waals surface area contributed by atoms with Gasteiger partial charge in [0.2, 0.25) is 0 Å². The van der Waals surface area contributed by atoms with E-state index in [2.05, 4.69) is 10.1 Å². The third-order valence-corrected chi connectivity index (χ3v) is 3.97. The third kappa shape index (κ3) is 3.70. The number of benzene rings is 1. The zero-order valence-corrected chi connectivity index (χ0v) is 12.5. The van der Waals surface area contributed by atoms with Crippen LogP contribution in [-0.2, 0) is 9.47 Å². The first-order chi connectivity index (χ1) is 11.1. The number of hydrogen-bond donors (Lipinski definition) is 1. The van der Waals surface area contributed by atoms with Gasteiger partial charge in [0.25, 0.3) is 0 Å². The van der Waals surface area contributed by atoms with Gasteiger partial charge in [-0.25, -0.2) is 4.79 Å². The number of ether oxygens (including phenoxy) is 3. The SMILES string of the molecule is O=C(Nc1ccccc1OC(F)F)N1CCC2(CC1)OCCO2. The maximum Gasteiger partial charge on any atom is 0.387 e. The van der Waals surface area contributed by atoms with E-state index in [9.17, 15) is 13.6 Å². The molecule has 0 atom stereocenters. The van der Waals surface area contributed by atoms with Crippen LogP contribution in [0.3, 0.4) is 0 Å². The van der Waals surface area contributed by atoms with E-state index in [1.165, 1.54) is 12.1 Å². The Kier molecular flexibility index (Phi) is 4.63. The second-order valence-corrected chi connectivity index (χ2v) is 5.40. The first-order valence-corrected chi connectivity index (χ1v) is 7.46. The van der Waals surface area contributed by atoms with Gasteiger partial charge in [-0.2, -0.15) is 8.78 Å². The number of hydrogen-bond acceptors (Lipinski definition) is 4. The number of halogens is 2. The van der Waals surface area contributed by atoms with Crippen LogP contribution < -0.4 is 10.1 Å². The summed E-state index contributed by atoms with van der Waals surface area (Å²) in [5, 5.41) is 2.61. The molecule has 2 aliphatic heterocycles. The fourth-order valence-electron chi connectivity index (χ4n) is 2.80. The highest BCUT2D eigenvalue weighted by molar-refractivity contribution is 5.91. The number of piperidine rings is 1. The zero-order valence-electron chi connectivity index (χ0n) is 12.5. The molecule has 23 heavy (non-hydrogen) atoms. The van der Waals surface area contributed by atoms with Gasteiger partial charge in [0.1, 0.15) is 5.75 Å². The van der Waals surface area contributed by atoms with Crippen LogP contribution in [0.2, 0.25) is 0 Å². The molecule has 0 unspecified atom stereocenters. The Labute approximate surface area is 132 Å². The van der Waals surface area contributed by atoms with Crippen LogP contribution in [0.25, 0.3) is 0 Å². The number of anilines is 1. The maximum absolute atomic E-state index is 12.4. The molecule has 2 aliphatic rings. The van der Waals surface area contributed by atoms with E-state index < -0.39 is 12.4 Å². The highest BCUT2D eigenvalue weighted by Gasteiger charge is 2.40. The normalized spacial score (nSPS) is 20.0. The van der Waals surface area contributed by atoms with Crippen molar-refractivity contribution in [3.05, 3.63) is 24.3 Å². The van der Waals surface area contributed by atoms with Crippen LogP contribution in [0, 0.1) is 0 Å². The summed E-state index contributed by atoms with van der Waals surface area (Å²) in [6, 6.07) is 5.74. The first-order valence-electron chi connectivity index (χ1n) is 7.46. The molecule has 0 aromatic heterocycles. The second-order valence-electron chi connectivity index (χ2n) is 5.40. The molecule has 0 saturated carbocycles. The van der Waals surface area contributed by atoms with Crippen molar-refractivity contribution in [1.82, 2.24) is 4.90 Å². The topological polar surface area (TPSA) is 60.0 Å². The summed E-state index contributed by atoms with van der Waals surface area (Å²) >= 11 is 0. The highest BCUT2D eigenvalue weighted by atomic mass is 19.3. The molecule has 1 spiro atoms. The predicted octanol–water partition coefficient (Wildman–Crippen LogP) is 2.66. The van der Waals surface area contributed by atoms with E-state index in [0.29, 0.717) is 39.1 Å². The standard InChI is InChI=1S/C15H18F2N2O4/c16-13(17)23-12-4-2-1-3-11(12)18-14(20)19-7-5-15(6-8-19)21-9-10-22-15/h1-4,13H,5-10H2,(H,18,20). The molecule has 1 aromatic carbocycles. The number of nitrogens with zero attached hydrogens (tertiary/aromatic N) is 1.